The van der Waals surface area contributed by atoms with Gasteiger partial charge in [0.15, 0.2) is 12.0 Å². The van der Waals surface area contributed by atoms with Crippen molar-refractivity contribution in [3.63, 3.8) is 0 Å². The van der Waals surface area contributed by atoms with Crippen LogP contribution in [0.2, 0.25) is 0 Å². The Labute approximate surface area is 162 Å². The molecule has 0 radical (unpaired) electrons. The summed E-state index contributed by atoms with van der Waals surface area (Å²) < 4.78 is 2.04. The zero-order valence-corrected chi connectivity index (χ0v) is 17.1. The van der Waals surface area contributed by atoms with Gasteiger partial charge in [-0.3, -0.25) is 4.79 Å². The number of aromatic nitrogens is 1. The Hall–Kier alpha value is -2.74. The van der Waals surface area contributed by atoms with Gasteiger partial charge in [-0.25, -0.2) is 4.57 Å². The molecule has 0 aliphatic rings. The van der Waals surface area contributed by atoms with E-state index in [0.717, 1.165) is 11.3 Å². The molecule has 0 atom stereocenters. The summed E-state index contributed by atoms with van der Waals surface area (Å²) in [5.41, 5.74) is 7.53. The second-order valence-corrected chi connectivity index (χ2v) is 8.39. The first kappa shape index (κ1) is 19.0. The van der Waals surface area contributed by atoms with Crippen LogP contribution in [-0.2, 0) is 12.5 Å². The molecule has 3 aromatic rings. The molecule has 2 aromatic carbocycles. The second kappa shape index (κ2) is 7.11. The lowest BCUT2D eigenvalue weighted by Gasteiger charge is -2.18. The molecular formula is C25H28NO+. The van der Waals surface area contributed by atoms with E-state index in [1.54, 1.807) is 0 Å². The minimum Gasteiger partial charge on any atom is -0.288 e. The average Bonchev–Trinajstić information content (AvgIpc) is 2.61. The van der Waals surface area contributed by atoms with E-state index in [2.05, 4.69) is 65.0 Å². The first-order valence-corrected chi connectivity index (χ1v) is 9.39. The third-order valence-electron chi connectivity index (χ3n) is 5.07. The molecular weight excluding hydrogens is 330 g/mol. The molecule has 2 nitrogen and oxygen atoms in total. The number of nitrogens with zero attached hydrogens (tertiary/aromatic N) is 1. The Morgan fingerprint density at radius 3 is 2.04 bits per heavy atom. The van der Waals surface area contributed by atoms with Crippen LogP contribution in [0.5, 0.6) is 0 Å². The number of aryl methyl sites for hydroxylation is 3. The molecule has 0 unspecified atom stereocenters. The number of carbonyl (C=O) groups is 1. The Balaban J connectivity index is 1.92. The molecule has 0 saturated heterocycles. The molecule has 0 bridgehead atoms. The summed E-state index contributed by atoms with van der Waals surface area (Å²) in [6.45, 7) is 10.8. The normalized spacial score (nSPS) is 11.5. The fourth-order valence-electron chi connectivity index (χ4n) is 3.41. The number of pyridine rings is 1. The Morgan fingerprint density at radius 1 is 0.852 bits per heavy atom. The smallest absolute Gasteiger partial charge is 0.212 e. The topological polar surface area (TPSA) is 20.9 Å². The molecule has 0 spiro atoms. The first-order chi connectivity index (χ1) is 12.7. The summed E-state index contributed by atoms with van der Waals surface area (Å²) >= 11 is 0. The van der Waals surface area contributed by atoms with Crippen molar-refractivity contribution in [2.45, 2.75) is 40.0 Å². The molecule has 0 aliphatic carbocycles. The van der Waals surface area contributed by atoms with Crippen LogP contribution in [0.25, 0.3) is 11.3 Å². The first-order valence-electron chi connectivity index (χ1n) is 9.39. The molecule has 3 rings (SSSR count). The van der Waals surface area contributed by atoms with Crippen molar-refractivity contribution < 1.29 is 9.36 Å². The van der Waals surface area contributed by atoms with Gasteiger partial charge in [-0.1, -0.05) is 62.7 Å². The highest BCUT2D eigenvalue weighted by Gasteiger charge is 2.19. The Bertz CT molecular complexity index is 992. The van der Waals surface area contributed by atoms with E-state index in [9.17, 15) is 4.79 Å². The molecule has 0 aliphatic heterocycles. The minimum atomic E-state index is 0.0539. The van der Waals surface area contributed by atoms with Crippen LogP contribution in [-0.4, -0.2) is 5.78 Å². The minimum absolute atomic E-state index is 0.0539. The van der Waals surface area contributed by atoms with Gasteiger partial charge in [0, 0.05) is 17.2 Å². The molecule has 2 heteroatoms. The van der Waals surface area contributed by atoms with Crippen molar-refractivity contribution in [3.05, 3.63) is 88.6 Å². The van der Waals surface area contributed by atoms with E-state index in [0.29, 0.717) is 5.56 Å². The van der Waals surface area contributed by atoms with E-state index in [-0.39, 0.29) is 11.2 Å². The highest BCUT2D eigenvalue weighted by atomic mass is 16.1. The maximum Gasteiger partial charge on any atom is 0.212 e. The van der Waals surface area contributed by atoms with E-state index in [1.807, 2.05) is 42.1 Å². The number of benzene rings is 2. The molecule has 138 valence electrons. The Morgan fingerprint density at radius 2 is 1.48 bits per heavy atom. The van der Waals surface area contributed by atoms with Crippen molar-refractivity contribution in [2.75, 3.05) is 0 Å². The van der Waals surface area contributed by atoms with Crippen LogP contribution < -0.4 is 4.57 Å². The van der Waals surface area contributed by atoms with Crippen LogP contribution in [0, 0.1) is 13.8 Å². The molecule has 0 N–H and O–H groups in total. The fraction of sp³-hybridized carbons (Fsp3) is 0.280. The van der Waals surface area contributed by atoms with Gasteiger partial charge in [-0.05, 0) is 42.5 Å². The van der Waals surface area contributed by atoms with Crippen LogP contribution in [0.15, 0.2) is 60.8 Å². The van der Waals surface area contributed by atoms with Crippen molar-refractivity contribution in [2.24, 2.45) is 7.05 Å². The third kappa shape index (κ3) is 4.00. The summed E-state index contributed by atoms with van der Waals surface area (Å²) in [5.74, 6) is 0.0539. The largest absolute Gasteiger partial charge is 0.288 e. The van der Waals surface area contributed by atoms with Gasteiger partial charge in [0.25, 0.3) is 0 Å². The van der Waals surface area contributed by atoms with Crippen molar-refractivity contribution in [1.82, 2.24) is 0 Å². The zero-order chi connectivity index (χ0) is 19.8. The van der Waals surface area contributed by atoms with Crippen LogP contribution >= 0.6 is 0 Å². The molecule has 0 fully saturated rings. The van der Waals surface area contributed by atoms with Crippen LogP contribution in [0.3, 0.4) is 0 Å². The number of carbonyl (C=O) groups excluding carboxylic acids is 1. The molecule has 0 saturated carbocycles. The number of rotatable bonds is 3. The molecule has 27 heavy (non-hydrogen) atoms. The SMILES string of the molecule is Cc1ccc(-c2ccc(C(=O)c3ccc(C(C)(C)C)cc3)c[n+]2C)c(C)c1. The highest BCUT2D eigenvalue weighted by molar-refractivity contribution is 6.08. The predicted octanol–water partition coefficient (Wildman–Crippen LogP) is 5.32. The quantitative estimate of drug-likeness (QED) is 0.458. The summed E-state index contributed by atoms with van der Waals surface area (Å²) in [4.78, 5) is 12.9. The number of hydrogen-bond acceptors (Lipinski definition) is 1. The van der Waals surface area contributed by atoms with Gasteiger partial charge >= 0.3 is 0 Å². The van der Waals surface area contributed by atoms with Crippen LogP contribution in [0.1, 0.15) is 53.4 Å². The summed E-state index contributed by atoms with van der Waals surface area (Å²) in [5, 5.41) is 0. The van der Waals surface area contributed by atoms with E-state index < -0.39 is 0 Å². The zero-order valence-electron chi connectivity index (χ0n) is 17.1. The van der Waals surface area contributed by atoms with Gasteiger partial charge < -0.3 is 0 Å². The summed E-state index contributed by atoms with van der Waals surface area (Å²) in [7, 11) is 1.99. The lowest BCUT2D eigenvalue weighted by Crippen LogP contribution is -2.32. The van der Waals surface area contributed by atoms with E-state index in [1.165, 1.54) is 22.3 Å². The molecule has 0 amide bonds. The van der Waals surface area contributed by atoms with Gasteiger partial charge in [-0.2, -0.15) is 0 Å². The van der Waals surface area contributed by atoms with Crippen molar-refractivity contribution in [3.8, 4) is 11.3 Å². The van der Waals surface area contributed by atoms with Crippen molar-refractivity contribution >= 4 is 5.78 Å². The molecule has 1 heterocycles. The fourth-order valence-corrected chi connectivity index (χ4v) is 3.41. The maximum atomic E-state index is 12.9. The average molecular weight is 359 g/mol. The third-order valence-corrected chi connectivity index (χ3v) is 5.07. The molecule has 1 aromatic heterocycles. The predicted molar refractivity (Wildman–Crippen MR) is 111 cm³/mol. The summed E-state index contributed by atoms with van der Waals surface area (Å²) in [6, 6.07) is 18.4. The number of hydrogen-bond donors (Lipinski definition) is 0. The van der Waals surface area contributed by atoms with Gasteiger partial charge in [-0.15, -0.1) is 0 Å². The maximum absolute atomic E-state index is 12.9. The summed E-state index contributed by atoms with van der Waals surface area (Å²) in [6.07, 6.45) is 1.93. The number of ketones is 1. The standard InChI is InChI=1S/C25H28NO/c1-17-7-13-22(18(2)15-17)23-14-10-20(16-26(23)6)24(27)19-8-11-21(12-9-19)25(3,4)5/h7-16H,1-6H3/q+1. The van der Waals surface area contributed by atoms with Gasteiger partial charge in [0.2, 0.25) is 5.69 Å². The monoisotopic (exact) mass is 358 g/mol. The van der Waals surface area contributed by atoms with Crippen molar-refractivity contribution in [1.29, 1.82) is 0 Å². The lowest BCUT2D eigenvalue weighted by molar-refractivity contribution is -0.660. The Kier molecular flexibility index (Phi) is 5.01. The second-order valence-electron chi connectivity index (χ2n) is 8.39. The van der Waals surface area contributed by atoms with E-state index >= 15 is 0 Å². The lowest BCUT2D eigenvalue weighted by atomic mass is 9.86. The van der Waals surface area contributed by atoms with Gasteiger partial charge in [0.1, 0.15) is 7.05 Å². The van der Waals surface area contributed by atoms with Crippen LogP contribution in [0.4, 0.5) is 0 Å². The van der Waals surface area contributed by atoms with Gasteiger partial charge in [0.05, 0.1) is 5.56 Å². The highest BCUT2D eigenvalue weighted by Crippen LogP contribution is 2.24. The van der Waals surface area contributed by atoms with E-state index in [4.69, 9.17) is 0 Å².